The number of rotatable bonds is 4. The molecule has 0 aromatic heterocycles. The van der Waals surface area contributed by atoms with Gasteiger partial charge >= 0.3 is 0 Å². The topological polar surface area (TPSA) is 0 Å². The predicted octanol–water partition coefficient (Wildman–Crippen LogP) is 6.09. The molecule has 0 unspecified atom stereocenters. The van der Waals surface area contributed by atoms with Crippen LogP contribution in [-0.4, -0.2) is 5.66 Å². The maximum atomic E-state index is 2.40. The van der Waals surface area contributed by atoms with E-state index in [-0.39, 0.29) is 0 Å². The molecule has 1 fully saturated rings. The zero-order chi connectivity index (χ0) is 18.4. The molecule has 1 heteroatoms. The van der Waals surface area contributed by atoms with Gasteiger partial charge in [-0.05, 0) is 62.1 Å². The van der Waals surface area contributed by atoms with Crippen molar-refractivity contribution in [2.45, 2.75) is 50.6 Å². The lowest BCUT2D eigenvalue weighted by Crippen LogP contribution is -2.39. The van der Waals surface area contributed by atoms with Crippen LogP contribution in [0.3, 0.4) is 0 Å². The van der Waals surface area contributed by atoms with E-state index >= 15 is 0 Å². The Labute approximate surface area is 165 Å². The van der Waals surface area contributed by atoms with Gasteiger partial charge in [-0.3, -0.25) is 0 Å². The van der Waals surface area contributed by atoms with E-state index < -0.39 is 7.26 Å². The van der Waals surface area contributed by atoms with Crippen molar-refractivity contribution < 1.29 is 0 Å². The van der Waals surface area contributed by atoms with Crippen molar-refractivity contribution in [3.05, 3.63) is 91.0 Å². The molecule has 27 heavy (non-hydrogen) atoms. The van der Waals surface area contributed by atoms with Crippen LogP contribution in [0, 0.1) is 0 Å². The molecule has 0 nitrogen and oxygen atoms in total. The summed E-state index contributed by atoms with van der Waals surface area (Å²) in [4.78, 5) is 0. The Bertz CT molecular complexity index is 706. The Morgan fingerprint density at radius 1 is 0.444 bits per heavy atom. The van der Waals surface area contributed by atoms with Crippen LogP contribution in [-0.2, 0) is 0 Å². The fraction of sp³-hybridized carbons (Fsp3) is 0.308. The first-order valence-electron chi connectivity index (χ1n) is 10.5. The SMILES string of the molecule is c1ccc([P+](c2ccccc2)(c2ccccc2)C2CCCCCCC2)cc1. The molecule has 0 spiro atoms. The normalized spacial score (nSPS) is 16.4. The molecule has 1 aliphatic carbocycles. The molecule has 1 aliphatic rings. The summed E-state index contributed by atoms with van der Waals surface area (Å²) >= 11 is 0. The molecule has 0 saturated heterocycles. The molecule has 0 heterocycles. The van der Waals surface area contributed by atoms with E-state index in [2.05, 4.69) is 91.0 Å². The second-order valence-electron chi connectivity index (χ2n) is 7.73. The largest absolute Gasteiger partial charge is 0.115 e. The highest BCUT2D eigenvalue weighted by Crippen LogP contribution is 2.62. The molecule has 3 aromatic rings. The van der Waals surface area contributed by atoms with E-state index in [0.717, 1.165) is 5.66 Å². The van der Waals surface area contributed by atoms with E-state index in [0.29, 0.717) is 0 Å². The third-order valence-corrected chi connectivity index (χ3v) is 11.1. The standard InChI is InChI=1S/C26H30P/c1-2-7-15-23(16-8-3-1)27(24-17-9-4-10-18-24,25-19-11-5-12-20-25)26-21-13-6-14-22-26/h4-6,9-14,17-23H,1-3,7-8,15-16H2/q+1. The van der Waals surface area contributed by atoms with Crippen LogP contribution in [0.1, 0.15) is 44.9 Å². The minimum atomic E-state index is -1.68. The highest BCUT2D eigenvalue weighted by atomic mass is 31.2. The number of benzene rings is 3. The van der Waals surface area contributed by atoms with E-state index in [1.165, 1.54) is 44.9 Å². The zero-order valence-electron chi connectivity index (χ0n) is 16.1. The van der Waals surface area contributed by atoms with Crippen molar-refractivity contribution in [2.75, 3.05) is 0 Å². The van der Waals surface area contributed by atoms with Crippen molar-refractivity contribution in [3.63, 3.8) is 0 Å². The van der Waals surface area contributed by atoms with E-state index in [1.807, 2.05) is 0 Å². The lowest BCUT2D eigenvalue weighted by Gasteiger charge is -2.35. The summed E-state index contributed by atoms with van der Waals surface area (Å²) in [6.07, 6.45) is 9.67. The van der Waals surface area contributed by atoms with Gasteiger partial charge in [0.15, 0.2) is 0 Å². The molecule has 0 atom stereocenters. The Morgan fingerprint density at radius 3 is 1.15 bits per heavy atom. The molecular formula is C26H30P+. The van der Waals surface area contributed by atoms with Crippen molar-refractivity contribution in [2.24, 2.45) is 0 Å². The zero-order valence-corrected chi connectivity index (χ0v) is 17.0. The average molecular weight is 374 g/mol. The van der Waals surface area contributed by atoms with E-state index in [1.54, 1.807) is 15.9 Å². The highest BCUT2D eigenvalue weighted by Gasteiger charge is 2.51. The van der Waals surface area contributed by atoms with Crippen LogP contribution in [0.15, 0.2) is 91.0 Å². The third-order valence-electron chi connectivity index (χ3n) is 6.11. The second-order valence-corrected chi connectivity index (χ2v) is 11.5. The summed E-state index contributed by atoms with van der Waals surface area (Å²) in [6, 6.07) is 34.3. The van der Waals surface area contributed by atoms with Gasteiger partial charge in [0.05, 0.1) is 5.66 Å². The second kappa shape index (κ2) is 8.85. The van der Waals surface area contributed by atoms with Crippen LogP contribution in [0.2, 0.25) is 0 Å². The smallest absolute Gasteiger partial charge is 0.0620 e. The summed E-state index contributed by atoms with van der Waals surface area (Å²) in [6.45, 7) is 0. The van der Waals surface area contributed by atoms with Gasteiger partial charge < -0.3 is 0 Å². The lowest BCUT2D eigenvalue weighted by atomic mass is 10.0. The van der Waals surface area contributed by atoms with Gasteiger partial charge in [-0.15, -0.1) is 0 Å². The Hall–Kier alpha value is -1.91. The highest BCUT2D eigenvalue weighted by molar-refractivity contribution is 7.96. The summed E-state index contributed by atoms with van der Waals surface area (Å²) < 4.78 is 0. The first-order valence-corrected chi connectivity index (χ1v) is 12.3. The quantitative estimate of drug-likeness (QED) is 0.485. The molecule has 0 N–H and O–H groups in total. The fourth-order valence-electron chi connectivity index (χ4n) is 4.89. The predicted molar refractivity (Wildman–Crippen MR) is 121 cm³/mol. The van der Waals surface area contributed by atoms with Crippen molar-refractivity contribution in [3.8, 4) is 0 Å². The van der Waals surface area contributed by atoms with Crippen LogP contribution in [0.4, 0.5) is 0 Å². The monoisotopic (exact) mass is 373 g/mol. The molecule has 4 rings (SSSR count). The van der Waals surface area contributed by atoms with Gasteiger partial charge in [0.25, 0.3) is 0 Å². The van der Waals surface area contributed by atoms with Crippen molar-refractivity contribution >= 4 is 23.2 Å². The van der Waals surface area contributed by atoms with E-state index in [4.69, 9.17) is 0 Å². The third kappa shape index (κ3) is 3.74. The van der Waals surface area contributed by atoms with Gasteiger partial charge in [-0.1, -0.05) is 73.9 Å². The first kappa shape index (κ1) is 18.5. The molecular weight excluding hydrogens is 343 g/mol. The minimum Gasteiger partial charge on any atom is -0.0620 e. The Balaban J connectivity index is 1.97. The maximum Gasteiger partial charge on any atom is 0.115 e. The summed E-state index contributed by atoms with van der Waals surface area (Å²) in [7, 11) is -1.68. The lowest BCUT2D eigenvalue weighted by molar-refractivity contribution is 0.509. The molecule has 0 radical (unpaired) electrons. The maximum absolute atomic E-state index is 2.40. The molecule has 0 amide bonds. The van der Waals surface area contributed by atoms with Crippen LogP contribution >= 0.6 is 7.26 Å². The molecule has 3 aromatic carbocycles. The summed E-state index contributed by atoms with van der Waals surface area (Å²) in [5.74, 6) is 0. The summed E-state index contributed by atoms with van der Waals surface area (Å²) in [5, 5.41) is 4.65. The summed E-state index contributed by atoms with van der Waals surface area (Å²) in [5.41, 5.74) is 0.741. The van der Waals surface area contributed by atoms with Crippen molar-refractivity contribution in [1.82, 2.24) is 0 Å². The Morgan fingerprint density at radius 2 is 0.778 bits per heavy atom. The van der Waals surface area contributed by atoms with Gasteiger partial charge in [0, 0.05) is 0 Å². The molecule has 0 bridgehead atoms. The molecule has 1 saturated carbocycles. The minimum absolute atomic E-state index is 0.741. The van der Waals surface area contributed by atoms with Crippen LogP contribution in [0.5, 0.6) is 0 Å². The fourth-order valence-corrected chi connectivity index (χ4v) is 10.1. The molecule has 138 valence electrons. The van der Waals surface area contributed by atoms with E-state index in [9.17, 15) is 0 Å². The number of hydrogen-bond donors (Lipinski definition) is 0. The van der Waals surface area contributed by atoms with Gasteiger partial charge in [0.1, 0.15) is 23.2 Å². The van der Waals surface area contributed by atoms with Crippen LogP contribution in [0.25, 0.3) is 0 Å². The van der Waals surface area contributed by atoms with Crippen LogP contribution < -0.4 is 15.9 Å². The number of hydrogen-bond acceptors (Lipinski definition) is 0. The van der Waals surface area contributed by atoms with Gasteiger partial charge in [-0.2, -0.15) is 0 Å². The molecule has 0 aliphatic heterocycles. The first-order chi connectivity index (χ1) is 13.4. The Kier molecular flexibility index (Phi) is 6.05. The average Bonchev–Trinajstić information content (AvgIpc) is 2.72. The van der Waals surface area contributed by atoms with Gasteiger partial charge in [0.2, 0.25) is 0 Å². The van der Waals surface area contributed by atoms with Gasteiger partial charge in [-0.25, -0.2) is 0 Å². The van der Waals surface area contributed by atoms with Crippen molar-refractivity contribution in [1.29, 1.82) is 0 Å².